The molecule has 0 saturated carbocycles. The summed E-state index contributed by atoms with van der Waals surface area (Å²) >= 11 is 0. The molecule has 0 amide bonds. The Hall–Kier alpha value is -2.46. The van der Waals surface area contributed by atoms with Gasteiger partial charge in [0.2, 0.25) is 0 Å². The molecule has 0 radical (unpaired) electrons. The molecule has 3 aromatic rings. The van der Waals surface area contributed by atoms with Gasteiger partial charge in [-0.15, -0.1) is 0 Å². The zero-order valence-corrected chi connectivity index (χ0v) is 14.6. The van der Waals surface area contributed by atoms with E-state index in [0.29, 0.717) is 17.5 Å². The van der Waals surface area contributed by atoms with Gasteiger partial charge in [-0.1, -0.05) is 29.8 Å². The van der Waals surface area contributed by atoms with Crippen molar-refractivity contribution in [3.63, 3.8) is 0 Å². The molecule has 128 valence electrons. The zero-order chi connectivity index (χ0) is 17.1. The third-order valence-electron chi connectivity index (χ3n) is 4.87. The Morgan fingerprint density at radius 2 is 2.04 bits per heavy atom. The first-order valence-electron chi connectivity index (χ1n) is 8.91. The molecular formula is C21H23N3O. The van der Waals surface area contributed by atoms with Gasteiger partial charge in [0.15, 0.2) is 11.6 Å². The average molecular weight is 333 g/mol. The topological polar surface area (TPSA) is 42.2 Å². The molecule has 1 saturated heterocycles. The normalized spacial score (nSPS) is 18.4. The predicted octanol–water partition coefficient (Wildman–Crippen LogP) is 4.42. The average Bonchev–Trinajstić information content (AvgIpc) is 3.17. The van der Waals surface area contributed by atoms with Crippen molar-refractivity contribution >= 4 is 0 Å². The zero-order valence-electron chi connectivity index (χ0n) is 14.6. The Bertz CT molecular complexity index is 811. The summed E-state index contributed by atoms with van der Waals surface area (Å²) in [5, 5.41) is 0. The lowest BCUT2D eigenvalue weighted by atomic mass is 9.90. The van der Waals surface area contributed by atoms with Crippen molar-refractivity contribution in [2.24, 2.45) is 0 Å². The summed E-state index contributed by atoms with van der Waals surface area (Å²) in [6.07, 6.45) is 7.99. The molecule has 25 heavy (non-hydrogen) atoms. The van der Waals surface area contributed by atoms with E-state index in [0.717, 1.165) is 25.2 Å². The minimum atomic E-state index is 0.622. The molecule has 4 heteroatoms. The summed E-state index contributed by atoms with van der Waals surface area (Å²) in [4.78, 5) is 11.4. The molecule has 4 nitrogen and oxygen atoms in total. The van der Waals surface area contributed by atoms with Crippen LogP contribution >= 0.6 is 0 Å². The number of aromatic nitrogens is 2. The van der Waals surface area contributed by atoms with Crippen LogP contribution in [0, 0.1) is 6.92 Å². The van der Waals surface area contributed by atoms with Crippen molar-refractivity contribution in [1.82, 2.24) is 14.9 Å². The SMILES string of the molecule is Cc1cccc([C@H]2CCCN(Cc3cnc(-c4ccco4)nc3)C2)c1. The highest BCUT2D eigenvalue weighted by molar-refractivity contribution is 5.45. The van der Waals surface area contributed by atoms with Gasteiger partial charge in [-0.2, -0.15) is 0 Å². The number of aryl methyl sites for hydroxylation is 1. The molecule has 3 heterocycles. The van der Waals surface area contributed by atoms with E-state index < -0.39 is 0 Å². The third kappa shape index (κ3) is 3.80. The largest absolute Gasteiger partial charge is 0.461 e. The molecule has 0 aliphatic carbocycles. The number of piperidine rings is 1. The Morgan fingerprint density at radius 1 is 1.16 bits per heavy atom. The van der Waals surface area contributed by atoms with Gasteiger partial charge in [0.05, 0.1) is 6.26 Å². The van der Waals surface area contributed by atoms with Gasteiger partial charge >= 0.3 is 0 Å². The first-order valence-corrected chi connectivity index (χ1v) is 8.91. The van der Waals surface area contributed by atoms with E-state index in [2.05, 4.69) is 46.1 Å². The Kier molecular flexibility index (Phi) is 4.61. The first kappa shape index (κ1) is 16.0. The second-order valence-corrected chi connectivity index (χ2v) is 6.88. The summed E-state index contributed by atoms with van der Waals surface area (Å²) in [5.41, 5.74) is 3.96. The summed E-state index contributed by atoms with van der Waals surface area (Å²) < 4.78 is 5.35. The van der Waals surface area contributed by atoms with Crippen molar-refractivity contribution in [1.29, 1.82) is 0 Å². The molecule has 1 aliphatic rings. The van der Waals surface area contributed by atoms with Gasteiger partial charge in [0.1, 0.15) is 0 Å². The van der Waals surface area contributed by atoms with Gasteiger partial charge in [-0.25, -0.2) is 9.97 Å². The van der Waals surface area contributed by atoms with Crippen LogP contribution in [0.3, 0.4) is 0 Å². The molecule has 2 aromatic heterocycles. The lowest BCUT2D eigenvalue weighted by Gasteiger charge is -2.33. The molecule has 1 aliphatic heterocycles. The van der Waals surface area contributed by atoms with Crippen molar-refractivity contribution in [3.05, 3.63) is 71.7 Å². The van der Waals surface area contributed by atoms with Crippen LogP contribution in [-0.4, -0.2) is 28.0 Å². The smallest absolute Gasteiger partial charge is 0.195 e. The summed E-state index contributed by atoms with van der Waals surface area (Å²) in [5.74, 6) is 1.98. The molecule has 1 atom stereocenters. The number of benzene rings is 1. The van der Waals surface area contributed by atoms with Crippen molar-refractivity contribution in [2.75, 3.05) is 13.1 Å². The maximum atomic E-state index is 5.35. The number of furan rings is 1. The van der Waals surface area contributed by atoms with E-state index in [9.17, 15) is 0 Å². The molecule has 4 rings (SSSR count). The highest BCUT2D eigenvalue weighted by Crippen LogP contribution is 2.28. The predicted molar refractivity (Wildman–Crippen MR) is 98.2 cm³/mol. The summed E-state index contributed by atoms with van der Waals surface area (Å²) in [6.45, 7) is 5.31. The lowest BCUT2D eigenvalue weighted by Crippen LogP contribution is -2.34. The quantitative estimate of drug-likeness (QED) is 0.708. The molecule has 0 spiro atoms. The van der Waals surface area contributed by atoms with Crippen LogP contribution in [0.1, 0.15) is 35.4 Å². The highest BCUT2D eigenvalue weighted by Gasteiger charge is 2.21. The van der Waals surface area contributed by atoms with Crippen LogP contribution in [0.2, 0.25) is 0 Å². The molecule has 0 N–H and O–H groups in total. The minimum absolute atomic E-state index is 0.622. The number of rotatable bonds is 4. The van der Waals surface area contributed by atoms with E-state index in [1.807, 2.05) is 24.5 Å². The Labute approximate surface area is 148 Å². The van der Waals surface area contributed by atoms with Gasteiger partial charge in [0, 0.05) is 31.0 Å². The first-order chi connectivity index (χ1) is 12.3. The fraction of sp³-hybridized carbons (Fsp3) is 0.333. The number of hydrogen-bond acceptors (Lipinski definition) is 4. The van der Waals surface area contributed by atoms with Crippen LogP contribution in [0.25, 0.3) is 11.6 Å². The van der Waals surface area contributed by atoms with Gasteiger partial charge < -0.3 is 4.42 Å². The molecular weight excluding hydrogens is 310 g/mol. The lowest BCUT2D eigenvalue weighted by molar-refractivity contribution is 0.200. The van der Waals surface area contributed by atoms with Gasteiger partial charge in [-0.05, 0) is 49.9 Å². The van der Waals surface area contributed by atoms with Gasteiger partial charge in [0.25, 0.3) is 0 Å². The molecule has 0 unspecified atom stereocenters. The standard InChI is InChI=1S/C21H23N3O/c1-16-5-2-6-18(11-16)19-7-3-9-24(15-19)14-17-12-22-21(23-13-17)20-8-4-10-25-20/h2,4-6,8,10-13,19H,3,7,9,14-15H2,1H3/t19-/m0/s1. The molecule has 1 fully saturated rings. The highest BCUT2D eigenvalue weighted by atomic mass is 16.3. The van der Waals surface area contributed by atoms with Crippen LogP contribution in [0.5, 0.6) is 0 Å². The summed E-state index contributed by atoms with van der Waals surface area (Å²) in [6, 6.07) is 12.7. The second kappa shape index (κ2) is 7.19. The van der Waals surface area contributed by atoms with Crippen LogP contribution < -0.4 is 0 Å². The van der Waals surface area contributed by atoms with E-state index in [4.69, 9.17) is 4.42 Å². The van der Waals surface area contributed by atoms with Crippen LogP contribution in [0.15, 0.2) is 59.5 Å². The number of nitrogens with zero attached hydrogens (tertiary/aromatic N) is 3. The van der Waals surface area contributed by atoms with E-state index >= 15 is 0 Å². The molecule has 1 aromatic carbocycles. The van der Waals surface area contributed by atoms with E-state index in [-0.39, 0.29) is 0 Å². The fourth-order valence-electron chi connectivity index (χ4n) is 3.62. The fourth-order valence-corrected chi connectivity index (χ4v) is 3.62. The van der Waals surface area contributed by atoms with Crippen LogP contribution in [-0.2, 0) is 6.54 Å². The Balaban J connectivity index is 1.42. The molecule has 0 bridgehead atoms. The van der Waals surface area contributed by atoms with E-state index in [1.165, 1.54) is 24.0 Å². The van der Waals surface area contributed by atoms with Crippen LogP contribution in [0.4, 0.5) is 0 Å². The number of hydrogen-bond donors (Lipinski definition) is 0. The van der Waals surface area contributed by atoms with Crippen molar-refractivity contribution in [2.45, 2.75) is 32.2 Å². The third-order valence-corrected chi connectivity index (χ3v) is 4.87. The maximum absolute atomic E-state index is 5.35. The monoisotopic (exact) mass is 333 g/mol. The van der Waals surface area contributed by atoms with Crippen molar-refractivity contribution in [3.8, 4) is 11.6 Å². The van der Waals surface area contributed by atoms with Gasteiger partial charge in [-0.3, -0.25) is 4.90 Å². The van der Waals surface area contributed by atoms with E-state index in [1.54, 1.807) is 6.26 Å². The van der Waals surface area contributed by atoms with Crippen molar-refractivity contribution < 1.29 is 4.42 Å². The number of likely N-dealkylation sites (tertiary alicyclic amines) is 1. The maximum Gasteiger partial charge on any atom is 0.195 e. The minimum Gasteiger partial charge on any atom is -0.461 e. The Morgan fingerprint density at radius 3 is 2.80 bits per heavy atom. The second-order valence-electron chi connectivity index (χ2n) is 6.88. The summed E-state index contributed by atoms with van der Waals surface area (Å²) in [7, 11) is 0.